The second-order valence-electron chi connectivity index (χ2n) is 5.22. The molecule has 0 amide bonds. The van der Waals surface area contributed by atoms with Gasteiger partial charge < -0.3 is 15.4 Å². The summed E-state index contributed by atoms with van der Waals surface area (Å²) in [6, 6.07) is 8.19. The van der Waals surface area contributed by atoms with Crippen molar-refractivity contribution in [2.24, 2.45) is 10.2 Å². The number of halogens is 4. The molecule has 0 saturated heterocycles. The van der Waals surface area contributed by atoms with E-state index in [1.54, 1.807) is 0 Å². The van der Waals surface area contributed by atoms with Crippen LogP contribution < -0.4 is 5.32 Å². The van der Waals surface area contributed by atoms with Crippen LogP contribution in [0.3, 0.4) is 0 Å². The minimum atomic E-state index is -4.49. The molecule has 0 spiro atoms. The van der Waals surface area contributed by atoms with E-state index in [2.05, 4.69) is 20.5 Å². The summed E-state index contributed by atoms with van der Waals surface area (Å²) in [7, 11) is 0. The molecule has 0 aliphatic heterocycles. The molecule has 0 radical (unpaired) electrons. The number of anilines is 1. The number of fused-ring (bicyclic) bond motifs is 1. The number of benzene rings is 2. The predicted octanol–water partition coefficient (Wildman–Crippen LogP) is 5.51. The average Bonchev–Trinajstić information content (AvgIpc) is 2.87. The first-order valence-electron chi connectivity index (χ1n) is 7.14. The molecule has 0 aliphatic carbocycles. The first-order valence-corrected chi connectivity index (χ1v) is 7.55. The third kappa shape index (κ3) is 3.80. The number of aromatic nitrogens is 1. The van der Waals surface area contributed by atoms with Crippen molar-refractivity contribution in [1.29, 1.82) is 0 Å². The monoisotopic (exact) mass is 382 g/mol. The van der Waals surface area contributed by atoms with E-state index >= 15 is 0 Å². The molecule has 2 aromatic carbocycles. The summed E-state index contributed by atoms with van der Waals surface area (Å²) in [4.78, 5) is 2.60. The Labute approximate surface area is 149 Å². The van der Waals surface area contributed by atoms with E-state index in [9.17, 15) is 22.7 Å². The lowest BCUT2D eigenvalue weighted by atomic mass is 10.2. The highest BCUT2D eigenvalue weighted by Crippen LogP contribution is 2.36. The Morgan fingerprint density at radius 1 is 1.15 bits per heavy atom. The van der Waals surface area contributed by atoms with E-state index in [-0.39, 0.29) is 27.8 Å². The van der Waals surface area contributed by atoms with Gasteiger partial charge in [-0.05, 0) is 48.6 Å². The first kappa shape index (κ1) is 17.8. The first-order chi connectivity index (χ1) is 12.2. The Morgan fingerprint density at radius 2 is 1.92 bits per heavy atom. The van der Waals surface area contributed by atoms with Gasteiger partial charge in [-0.25, -0.2) is 4.39 Å². The topological polar surface area (TPSA) is 72.8 Å². The quantitative estimate of drug-likeness (QED) is 0.311. The molecular weight excluding hydrogens is 372 g/mol. The van der Waals surface area contributed by atoms with E-state index < -0.39 is 17.6 Å². The molecule has 0 aliphatic rings. The highest BCUT2D eigenvalue weighted by Gasteiger charge is 2.30. The molecule has 0 unspecified atom stereocenters. The highest BCUT2D eigenvalue weighted by atomic mass is 32.1. The molecule has 1 heterocycles. The van der Waals surface area contributed by atoms with Crippen molar-refractivity contribution in [2.45, 2.75) is 6.18 Å². The summed E-state index contributed by atoms with van der Waals surface area (Å²) in [5, 5.41) is 19.8. The summed E-state index contributed by atoms with van der Waals surface area (Å²) in [5.74, 6) is -0.867. The number of hydrogen-bond acceptors (Lipinski definition) is 3. The third-order valence-electron chi connectivity index (χ3n) is 3.40. The smallest absolute Gasteiger partial charge is 0.416 e. The Bertz CT molecular complexity index is 1010. The Balaban J connectivity index is 1.81. The van der Waals surface area contributed by atoms with Crippen molar-refractivity contribution >= 4 is 39.6 Å². The molecule has 5 nitrogen and oxygen atoms in total. The van der Waals surface area contributed by atoms with E-state index in [1.165, 1.54) is 24.3 Å². The van der Waals surface area contributed by atoms with Crippen LogP contribution in [-0.2, 0) is 6.18 Å². The van der Waals surface area contributed by atoms with Crippen LogP contribution in [-0.4, -0.2) is 15.2 Å². The van der Waals surface area contributed by atoms with Crippen molar-refractivity contribution in [3.05, 3.63) is 53.8 Å². The fraction of sp³-hybridized carbons (Fsp3) is 0.0625. The number of rotatable bonds is 2. The number of nitrogens with one attached hydrogen (secondary N) is 2. The van der Waals surface area contributed by atoms with Crippen LogP contribution in [0, 0.1) is 5.82 Å². The van der Waals surface area contributed by atoms with Crippen molar-refractivity contribution in [3.63, 3.8) is 0 Å². The van der Waals surface area contributed by atoms with Crippen LogP contribution in [0.4, 0.5) is 28.9 Å². The number of alkyl halides is 3. The van der Waals surface area contributed by atoms with Crippen LogP contribution in [0.5, 0.6) is 5.88 Å². The summed E-state index contributed by atoms with van der Waals surface area (Å²) in [6.07, 6.45) is -4.49. The number of aromatic hydroxyl groups is 1. The normalized spacial score (nSPS) is 12.0. The van der Waals surface area contributed by atoms with Gasteiger partial charge in [0.05, 0.1) is 11.1 Å². The van der Waals surface area contributed by atoms with Gasteiger partial charge in [-0.15, -0.1) is 10.2 Å². The van der Waals surface area contributed by atoms with Gasteiger partial charge in [0.25, 0.3) is 0 Å². The number of azo groups is 1. The maximum atomic E-state index is 13.3. The molecule has 0 atom stereocenters. The second kappa shape index (κ2) is 6.71. The zero-order valence-electron chi connectivity index (χ0n) is 12.8. The molecule has 10 heteroatoms. The minimum Gasteiger partial charge on any atom is -0.493 e. The minimum absolute atomic E-state index is 0.0345. The molecule has 1 aromatic heterocycles. The van der Waals surface area contributed by atoms with Crippen LogP contribution in [0.15, 0.2) is 52.7 Å². The van der Waals surface area contributed by atoms with Crippen LogP contribution in [0.25, 0.3) is 10.9 Å². The van der Waals surface area contributed by atoms with Crippen molar-refractivity contribution in [3.8, 4) is 5.88 Å². The number of hydrogen-bond donors (Lipinski definition) is 3. The lowest BCUT2D eigenvalue weighted by molar-refractivity contribution is -0.137. The average molecular weight is 382 g/mol. The van der Waals surface area contributed by atoms with Gasteiger partial charge >= 0.3 is 6.18 Å². The number of H-pyrrole nitrogens is 1. The lowest BCUT2D eigenvalue weighted by Crippen LogP contribution is -2.08. The molecule has 26 heavy (non-hydrogen) atoms. The molecule has 3 aromatic rings. The van der Waals surface area contributed by atoms with Crippen LogP contribution in [0.1, 0.15) is 5.56 Å². The van der Waals surface area contributed by atoms with Gasteiger partial charge in [-0.3, -0.25) is 0 Å². The predicted molar refractivity (Wildman–Crippen MR) is 92.1 cm³/mol. The van der Waals surface area contributed by atoms with Crippen LogP contribution in [0.2, 0.25) is 0 Å². The fourth-order valence-corrected chi connectivity index (χ4v) is 2.41. The Kier molecular flexibility index (Phi) is 4.60. The summed E-state index contributed by atoms with van der Waals surface area (Å²) < 4.78 is 51.4. The molecule has 3 N–H and O–H groups in total. The van der Waals surface area contributed by atoms with E-state index in [1.807, 2.05) is 0 Å². The standard InChI is InChI=1S/C16H10F4N4OS/c17-9-4-5-12-11(7-9)13(14(25)22-12)23-24-15(26)21-10-3-1-2-8(6-10)16(18,19)20/h1-7,22,25H,(H,21,26). The van der Waals surface area contributed by atoms with Gasteiger partial charge in [0, 0.05) is 11.1 Å². The maximum absolute atomic E-state index is 13.3. The van der Waals surface area contributed by atoms with Crippen molar-refractivity contribution in [2.75, 3.05) is 5.32 Å². The van der Waals surface area contributed by atoms with Crippen molar-refractivity contribution in [1.82, 2.24) is 4.98 Å². The van der Waals surface area contributed by atoms with E-state index in [0.29, 0.717) is 5.52 Å². The van der Waals surface area contributed by atoms with Gasteiger partial charge in [-0.1, -0.05) is 6.07 Å². The fourth-order valence-electron chi connectivity index (χ4n) is 2.25. The molecule has 134 valence electrons. The highest BCUT2D eigenvalue weighted by molar-refractivity contribution is 7.80. The molecule has 3 rings (SSSR count). The SMILES string of the molecule is Oc1[nH]c2ccc(F)cc2c1N=NC(=S)Nc1cccc(C(F)(F)F)c1. The molecule has 0 fully saturated rings. The lowest BCUT2D eigenvalue weighted by Gasteiger charge is -2.09. The van der Waals surface area contributed by atoms with Gasteiger partial charge in [-0.2, -0.15) is 13.2 Å². The molecule has 0 bridgehead atoms. The Morgan fingerprint density at radius 3 is 2.65 bits per heavy atom. The van der Waals surface area contributed by atoms with E-state index in [4.69, 9.17) is 12.2 Å². The molecular formula is C16H10F4N4OS. The van der Waals surface area contributed by atoms with Gasteiger partial charge in [0.1, 0.15) is 5.82 Å². The zero-order valence-corrected chi connectivity index (χ0v) is 13.6. The van der Waals surface area contributed by atoms with Crippen LogP contribution >= 0.6 is 12.2 Å². The van der Waals surface area contributed by atoms with E-state index in [0.717, 1.165) is 18.2 Å². The maximum Gasteiger partial charge on any atom is 0.416 e. The number of thiocarbonyl (C=S) groups is 1. The number of aromatic amines is 1. The third-order valence-corrected chi connectivity index (χ3v) is 3.58. The largest absolute Gasteiger partial charge is 0.493 e. The second-order valence-corrected chi connectivity index (χ2v) is 5.61. The number of nitrogens with zero attached hydrogens (tertiary/aromatic N) is 2. The van der Waals surface area contributed by atoms with Crippen molar-refractivity contribution < 1.29 is 22.7 Å². The summed E-state index contributed by atoms with van der Waals surface area (Å²) in [5.41, 5.74) is -0.354. The summed E-state index contributed by atoms with van der Waals surface area (Å²) in [6.45, 7) is 0. The summed E-state index contributed by atoms with van der Waals surface area (Å²) >= 11 is 4.92. The molecule has 0 saturated carbocycles. The zero-order chi connectivity index (χ0) is 18.9. The van der Waals surface area contributed by atoms with Gasteiger partial charge in [0.15, 0.2) is 5.69 Å². The van der Waals surface area contributed by atoms with Gasteiger partial charge in [0.2, 0.25) is 11.0 Å². The Hall–Kier alpha value is -3.01.